The summed E-state index contributed by atoms with van der Waals surface area (Å²) in [4.78, 5) is 28.7. The van der Waals surface area contributed by atoms with E-state index < -0.39 is 0 Å². The van der Waals surface area contributed by atoms with Gasteiger partial charge in [0.1, 0.15) is 5.00 Å². The SMILES string of the molecule is CCOC(=O)c1ccc(NC(=O)N2Cc3c(sc4c3CCCC4)-n3cccc3C2C)cc1. The number of hydrogen-bond acceptors (Lipinski definition) is 4. The third-order valence-electron chi connectivity index (χ3n) is 6.39. The molecule has 6 nitrogen and oxygen atoms in total. The van der Waals surface area contributed by atoms with Gasteiger partial charge in [-0.2, -0.15) is 0 Å². The van der Waals surface area contributed by atoms with Crippen LogP contribution in [0.1, 0.15) is 64.8 Å². The molecule has 2 aliphatic rings. The summed E-state index contributed by atoms with van der Waals surface area (Å²) >= 11 is 1.89. The van der Waals surface area contributed by atoms with Gasteiger partial charge in [0, 0.05) is 28.0 Å². The molecule has 1 atom stereocenters. The highest BCUT2D eigenvalue weighted by molar-refractivity contribution is 7.15. The predicted octanol–water partition coefficient (Wildman–Crippen LogP) is 5.70. The first-order chi connectivity index (χ1) is 15.6. The fourth-order valence-electron chi connectivity index (χ4n) is 4.71. The van der Waals surface area contributed by atoms with E-state index in [-0.39, 0.29) is 18.0 Å². The molecule has 0 saturated carbocycles. The Morgan fingerprint density at radius 1 is 1.12 bits per heavy atom. The third kappa shape index (κ3) is 3.60. The standard InChI is InChI=1S/C25H27N3O3S/c1-3-31-24(29)17-10-12-18(13-11-17)26-25(30)28-15-20-19-7-4-5-9-22(19)32-23(20)27-14-6-8-21(27)16(28)2/h6,8,10-14,16H,3-5,7,9,15H2,1-2H3,(H,26,30). The molecule has 32 heavy (non-hydrogen) atoms. The van der Waals surface area contributed by atoms with E-state index in [4.69, 9.17) is 4.74 Å². The number of ether oxygens (including phenoxy) is 1. The van der Waals surface area contributed by atoms with Crippen LogP contribution in [0.25, 0.3) is 5.00 Å². The van der Waals surface area contributed by atoms with E-state index in [1.165, 1.54) is 33.8 Å². The highest BCUT2D eigenvalue weighted by Crippen LogP contribution is 2.42. The molecule has 0 radical (unpaired) electrons. The number of hydrogen-bond donors (Lipinski definition) is 1. The Balaban J connectivity index is 1.43. The van der Waals surface area contributed by atoms with Crippen LogP contribution in [0.3, 0.4) is 0 Å². The van der Waals surface area contributed by atoms with Gasteiger partial charge in [0.2, 0.25) is 0 Å². The second-order valence-corrected chi connectivity index (χ2v) is 9.41. The van der Waals surface area contributed by atoms with Gasteiger partial charge in [-0.1, -0.05) is 0 Å². The fourth-order valence-corrected chi connectivity index (χ4v) is 6.11. The number of nitrogens with zero attached hydrogens (tertiary/aromatic N) is 2. The zero-order valence-corrected chi connectivity index (χ0v) is 19.2. The van der Waals surface area contributed by atoms with Crippen LogP contribution in [0.4, 0.5) is 10.5 Å². The molecule has 3 aromatic rings. The lowest BCUT2D eigenvalue weighted by Crippen LogP contribution is -2.36. The molecular weight excluding hydrogens is 422 g/mol. The van der Waals surface area contributed by atoms with E-state index in [0.29, 0.717) is 24.4 Å². The van der Waals surface area contributed by atoms with Gasteiger partial charge in [-0.15, -0.1) is 11.3 Å². The van der Waals surface area contributed by atoms with Crippen molar-refractivity contribution in [1.82, 2.24) is 9.47 Å². The average molecular weight is 450 g/mol. The molecular formula is C25H27N3O3S. The number of fused-ring (bicyclic) bond motifs is 5. The van der Waals surface area contributed by atoms with Crippen LogP contribution in [0, 0.1) is 0 Å². The normalized spacial score (nSPS) is 17.1. The van der Waals surface area contributed by atoms with Crippen molar-refractivity contribution in [2.24, 2.45) is 0 Å². The van der Waals surface area contributed by atoms with Gasteiger partial charge < -0.3 is 19.5 Å². The van der Waals surface area contributed by atoms with Crippen molar-refractivity contribution in [3.05, 3.63) is 69.9 Å². The van der Waals surface area contributed by atoms with Crippen LogP contribution in [-0.4, -0.2) is 28.1 Å². The van der Waals surface area contributed by atoms with Crippen LogP contribution >= 0.6 is 11.3 Å². The monoisotopic (exact) mass is 449 g/mol. The number of thiophene rings is 1. The van der Waals surface area contributed by atoms with Gasteiger partial charge >= 0.3 is 12.0 Å². The Kier molecular flexibility index (Phi) is 5.51. The van der Waals surface area contributed by atoms with E-state index in [1.54, 1.807) is 31.2 Å². The molecule has 5 rings (SSSR count). The molecule has 1 N–H and O–H groups in total. The van der Waals surface area contributed by atoms with Crippen molar-refractivity contribution < 1.29 is 14.3 Å². The Labute approximate surface area is 191 Å². The number of amides is 2. The number of aryl methyl sites for hydroxylation is 1. The second kappa shape index (κ2) is 8.47. The van der Waals surface area contributed by atoms with Crippen LogP contribution in [0.2, 0.25) is 0 Å². The number of aromatic nitrogens is 1. The Morgan fingerprint density at radius 3 is 2.69 bits per heavy atom. The largest absolute Gasteiger partial charge is 0.462 e. The smallest absolute Gasteiger partial charge is 0.338 e. The first-order valence-electron chi connectivity index (χ1n) is 11.2. The number of esters is 1. The lowest BCUT2D eigenvalue weighted by Gasteiger charge is -2.28. The summed E-state index contributed by atoms with van der Waals surface area (Å²) in [5.74, 6) is -0.359. The van der Waals surface area contributed by atoms with Gasteiger partial charge in [-0.3, -0.25) is 0 Å². The van der Waals surface area contributed by atoms with Crippen molar-refractivity contribution in [3.63, 3.8) is 0 Å². The first kappa shape index (κ1) is 20.8. The summed E-state index contributed by atoms with van der Waals surface area (Å²) in [5, 5.41) is 4.28. The molecule has 2 aromatic heterocycles. The van der Waals surface area contributed by atoms with E-state index in [2.05, 4.69) is 35.1 Å². The molecule has 1 aromatic carbocycles. The topological polar surface area (TPSA) is 63.6 Å². The summed E-state index contributed by atoms with van der Waals surface area (Å²) in [6, 6.07) is 10.8. The van der Waals surface area contributed by atoms with E-state index in [0.717, 1.165) is 18.5 Å². The minimum atomic E-state index is -0.359. The van der Waals surface area contributed by atoms with Gasteiger partial charge in [0.25, 0.3) is 0 Å². The Hall–Kier alpha value is -3.06. The van der Waals surface area contributed by atoms with Crippen molar-refractivity contribution in [2.45, 2.75) is 52.1 Å². The molecule has 0 fully saturated rings. The molecule has 1 aliphatic carbocycles. The predicted molar refractivity (Wildman–Crippen MR) is 126 cm³/mol. The van der Waals surface area contributed by atoms with Gasteiger partial charge in [0.05, 0.1) is 24.8 Å². The zero-order valence-electron chi connectivity index (χ0n) is 18.4. The zero-order chi connectivity index (χ0) is 22.2. The maximum atomic E-state index is 13.4. The molecule has 0 saturated heterocycles. The molecule has 0 bridgehead atoms. The van der Waals surface area contributed by atoms with E-state index in [1.807, 2.05) is 16.2 Å². The lowest BCUT2D eigenvalue weighted by molar-refractivity contribution is 0.0526. The van der Waals surface area contributed by atoms with Crippen LogP contribution in [0.15, 0.2) is 42.6 Å². The maximum absolute atomic E-state index is 13.4. The maximum Gasteiger partial charge on any atom is 0.338 e. The number of carbonyl (C=O) groups is 2. The number of carbonyl (C=O) groups excluding carboxylic acids is 2. The highest BCUT2D eigenvalue weighted by atomic mass is 32.1. The summed E-state index contributed by atoms with van der Waals surface area (Å²) in [6.45, 7) is 4.79. The number of benzene rings is 1. The number of rotatable bonds is 3. The first-order valence-corrected chi connectivity index (χ1v) is 12.0. The van der Waals surface area contributed by atoms with Crippen molar-refractivity contribution in [3.8, 4) is 5.00 Å². The van der Waals surface area contributed by atoms with E-state index >= 15 is 0 Å². The summed E-state index contributed by atoms with van der Waals surface area (Å²) in [5.41, 5.74) is 4.99. The minimum Gasteiger partial charge on any atom is -0.462 e. The lowest BCUT2D eigenvalue weighted by atomic mass is 9.95. The van der Waals surface area contributed by atoms with Gasteiger partial charge in [-0.05, 0) is 81.5 Å². The average Bonchev–Trinajstić information content (AvgIpc) is 3.40. The highest BCUT2D eigenvalue weighted by Gasteiger charge is 2.33. The molecule has 7 heteroatoms. The van der Waals surface area contributed by atoms with E-state index in [9.17, 15) is 9.59 Å². The summed E-state index contributed by atoms with van der Waals surface area (Å²) < 4.78 is 7.30. The summed E-state index contributed by atoms with van der Waals surface area (Å²) in [6.07, 6.45) is 6.80. The van der Waals surface area contributed by atoms with Crippen LogP contribution < -0.4 is 5.32 Å². The number of nitrogens with one attached hydrogen (secondary N) is 1. The molecule has 166 valence electrons. The van der Waals surface area contributed by atoms with Gasteiger partial charge in [-0.25, -0.2) is 9.59 Å². The van der Waals surface area contributed by atoms with Crippen molar-refractivity contribution >= 4 is 29.0 Å². The van der Waals surface area contributed by atoms with Crippen molar-refractivity contribution in [1.29, 1.82) is 0 Å². The molecule has 1 unspecified atom stereocenters. The number of anilines is 1. The quantitative estimate of drug-likeness (QED) is 0.522. The number of urea groups is 1. The van der Waals surface area contributed by atoms with Crippen LogP contribution in [-0.2, 0) is 24.1 Å². The second-order valence-electron chi connectivity index (χ2n) is 8.33. The molecule has 1 aliphatic heterocycles. The van der Waals surface area contributed by atoms with Crippen LogP contribution in [0.5, 0.6) is 0 Å². The van der Waals surface area contributed by atoms with Crippen molar-refractivity contribution in [2.75, 3.05) is 11.9 Å². The Morgan fingerprint density at radius 2 is 1.91 bits per heavy atom. The minimum absolute atomic E-state index is 0.0670. The van der Waals surface area contributed by atoms with Gasteiger partial charge in [0.15, 0.2) is 0 Å². The molecule has 0 spiro atoms. The summed E-state index contributed by atoms with van der Waals surface area (Å²) in [7, 11) is 0. The fraction of sp³-hybridized carbons (Fsp3) is 0.360. The Bertz CT molecular complexity index is 1160. The molecule has 2 amide bonds. The third-order valence-corrected chi connectivity index (χ3v) is 7.72. The molecule has 3 heterocycles.